The molecular weight excluding hydrogens is 238 g/mol. The van der Waals surface area contributed by atoms with Crippen LogP contribution in [0.5, 0.6) is 0 Å². The number of aryl methyl sites for hydroxylation is 3. The SMILES string of the molecule is Cc1cc2c(n1CCc1nccn1C)CCCC2O. The molecule has 0 saturated carbocycles. The third-order valence-electron chi connectivity index (χ3n) is 4.18. The lowest BCUT2D eigenvalue weighted by Gasteiger charge is -2.20. The summed E-state index contributed by atoms with van der Waals surface area (Å²) in [5.41, 5.74) is 3.72. The van der Waals surface area contributed by atoms with E-state index in [0.717, 1.165) is 43.6 Å². The molecular formula is C15H21N3O. The lowest BCUT2D eigenvalue weighted by atomic mass is 9.95. The van der Waals surface area contributed by atoms with Gasteiger partial charge < -0.3 is 14.2 Å². The highest BCUT2D eigenvalue weighted by Gasteiger charge is 2.22. The van der Waals surface area contributed by atoms with Crippen molar-refractivity contribution in [1.29, 1.82) is 0 Å². The van der Waals surface area contributed by atoms with Gasteiger partial charge in [0, 0.05) is 49.4 Å². The van der Waals surface area contributed by atoms with Crippen molar-refractivity contribution >= 4 is 0 Å². The predicted molar refractivity (Wildman–Crippen MR) is 74.0 cm³/mol. The molecule has 4 heteroatoms. The molecule has 0 spiro atoms. The van der Waals surface area contributed by atoms with Gasteiger partial charge in [-0.1, -0.05) is 0 Å². The van der Waals surface area contributed by atoms with E-state index < -0.39 is 0 Å². The van der Waals surface area contributed by atoms with Crippen molar-refractivity contribution in [3.05, 3.63) is 41.2 Å². The van der Waals surface area contributed by atoms with Crippen LogP contribution in [0.4, 0.5) is 0 Å². The Balaban J connectivity index is 1.83. The second-order valence-electron chi connectivity index (χ2n) is 5.45. The first kappa shape index (κ1) is 12.5. The Morgan fingerprint density at radius 2 is 2.32 bits per heavy atom. The maximum absolute atomic E-state index is 10.1. The van der Waals surface area contributed by atoms with Crippen LogP contribution in [0.15, 0.2) is 18.5 Å². The number of nitrogens with zero attached hydrogens (tertiary/aromatic N) is 3. The molecule has 0 bridgehead atoms. The van der Waals surface area contributed by atoms with Crippen molar-refractivity contribution < 1.29 is 5.11 Å². The molecule has 19 heavy (non-hydrogen) atoms. The third-order valence-corrected chi connectivity index (χ3v) is 4.18. The van der Waals surface area contributed by atoms with E-state index in [0.29, 0.717) is 0 Å². The summed E-state index contributed by atoms with van der Waals surface area (Å²) in [5.74, 6) is 1.11. The lowest BCUT2D eigenvalue weighted by Crippen LogP contribution is -2.14. The molecule has 0 radical (unpaired) electrons. The minimum absolute atomic E-state index is 0.267. The standard InChI is InChI=1S/C15H21N3O/c1-11-10-12-13(4-3-5-14(12)19)18(11)8-6-15-16-7-9-17(15)2/h7,9-10,14,19H,3-6,8H2,1-2H3. The monoisotopic (exact) mass is 259 g/mol. The number of imidazole rings is 1. The highest BCUT2D eigenvalue weighted by atomic mass is 16.3. The van der Waals surface area contributed by atoms with Crippen molar-refractivity contribution in [3.63, 3.8) is 0 Å². The van der Waals surface area contributed by atoms with Gasteiger partial charge >= 0.3 is 0 Å². The van der Waals surface area contributed by atoms with Crippen molar-refractivity contribution in [1.82, 2.24) is 14.1 Å². The molecule has 1 N–H and O–H groups in total. The summed E-state index contributed by atoms with van der Waals surface area (Å²) in [6, 6.07) is 2.15. The molecule has 1 aliphatic rings. The molecule has 0 saturated heterocycles. The number of hydrogen-bond acceptors (Lipinski definition) is 2. The van der Waals surface area contributed by atoms with E-state index >= 15 is 0 Å². The predicted octanol–water partition coefficient (Wildman–Crippen LogP) is 2.14. The van der Waals surface area contributed by atoms with Crippen LogP contribution >= 0.6 is 0 Å². The van der Waals surface area contributed by atoms with E-state index in [2.05, 4.69) is 27.1 Å². The summed E-state index contributed by atoms with van der Waals surface area (Å²) < 4.78 is 4.42. The largest absolute Gasteiger partial charge is 0.388 e. The van der Waals surface area contributed by atoms with E-state index in [9.17, 15) is 5.11 Å². The molecule has 0 fully saturated rings. The number of aliphatic hydroxyl groups excluding tert-OH is 1. The molecule has 0 aliphatic heterocycles. The smallest absolute Gasteiger partial charge is 0.110 e. The van der Waals surface area contributed by atoms with Gasteiger partial charge in [0.1, 0.15) is 5.82 Å². The molecule has 2 aromatic rings. The molecule has 2 aromatic heterocycles. The zero-order valence-electron chi connectivity index (χ0n) is 11.6. The van der Waals surface area contributed by atoms with Crippen LogP contribution in [-0.2, 0) is 26.4 Å². The quantitative estimate of drug-likeness (QED) is 0.917. The van der Waals surface area contributed by atoms with Gasteiger partial charge in [0.15, 0.2) is 0 Å². The van der Waals surface area contributed by atoms with Crippen molar-refractivity contribution in [2.75, 3.05) is 0 Å². The maximum Gasteiger partial charge on any atom is 0.110 e. The Bertz CT molecular complexity index is 582. The Labute approximate surface area is 113 Å². The van der Waals surface area contributed by atoms with Crippen LogP contribution in [-0.4, -0.2) is 19.2 Å². The van der Waals surface area contributed by atoms with Crippen molar-refractivity contribution in [2.45, 2.75) is 45.3 Å². The van der Waals surface area contributed by atoms with Crippen LogP contribution in [0.3, 0.4) is 0 Å². The number of aromatic nitrogens is 3. The Kier molecular flexibility index (Phi) is 3.19. The summed E-state index contributed by atoms with van der Waals surface area (Å²) in [4.78, 5) is 4.37. The van der Waals surface area contributed by atoms with Gasteiger partial charge in [-0.15, -0.1) is 0 Å². The molecule has 4 nitrogen and oxygen atoms in total. The maximum atomic E-state index is 10.1. The average Bonchev–Trinajstić information content (AvgIpc) is 2.92. The Morgan fingerprint density at radius 1 is 1.47 bits per heavy atom. The van der Waals surface area contributed by atoms with Gasteiger partial charge in [-0.25, -0.2) is 4.98 Å². The molecule has 0 amide bonds. The fraction of sp³-hybridized carbons (Fsp3) is 0.533. The normalized spacial score (nSPS) is 18.6. The summed E-state index contributed by atoms with van der Waals surface area (Å²) in [7, 11) is 2.03. The van der Waals surface area contributed by atoms with Gasteiger partial charge in [-0.2, -0.15) is 0 Å². The summed E-state index contributed by atoms with van der Waals surface area (Å²) in [5, 5.41) is 10.1. The zero-order chi connectivity index (χ0) is 13.4. The van der Waals surface area contributed by atoms with Crippen LogP contribution in [0, 0.1) is 6.92 Å². The highest BCUT2D eigenvalue weighted by molar-refractivity contribution is 5.31. The van der Waals surface area contributed by atoms with Gasteiger partial charge in [-0.05, 0) is 32.3 Å². The van der Waals surface area contributed by atoms with Crippen LogP contribution in [0.25, 0.3) is 0 Å². The highest BCUT2D eigenvalue weighted by Crippen LogP contribution is 2.32. The Morgan fingerprint density at radius 3 is 3.05 bits per heavy atom. The zero-order valence-corrected chi connectivity index (χ0v) is 11.6. The fourth-order valence-electron chi connectivity index (χ4n) is 3.10. The minimum atomic E-state index is -0.267. The first-order valence-corrected chi connectivity index (χ1v) is 7.00. The summed E-state index contributed by atoms with van der Waals surface area (Å²) in [6.07, 6.45) is 7.56. The second kappa shape index (κ2) is 4.85. The van der Waals surface area contributed by atoms with Gasteiger partial charge in [-0.3, -0.25) is 0 Å². The number of aliphatic hydroxyl groups is 1. The van der Waals surface area contributed by atoms with Gasteiger partial charge in [0.2, 0.25) is 0 Å². The Hall–Kier alpha value is -1.55. The average molecular weight is 259 g/mol. The van der Waals surface area contributed by atoms with Gasteiger partial charge in [0.25, 0.3) is 0 Å². The third kappa shape index (κ3) is 2.21. The van der Waals surface area contributed by atoms with Crippen LogP contribution in [0.1, 0.15) is 41.7 Å². The summed E-state index contributed by atoms with van der Waals surface area (Å²) in [6.45, 7) is 3.07. The molecule has 2 heterocycles. The van der Waals surface area contributed by atoms with E-state index in [1.54, 1.807) is 0 Å². The lowest BCUT2D eigenvalue weighted by molar-refractivity contribution is 0.155. The summed E-state index contributed by atoms with van der Waals surface area (Å²) >= 11 is 0. The van der Waals surface area contributed by atoms with Crippen LogP contribution < -0.4 is 0 Å². The molecule has 3 rings (SSSR count). The van der Waals surface area contributed by atoms with Crippen molar-refractivity contribution in [3.8, 4) is 0 Å². The van der Waals surface area contributed by atoms with E-state index in [1.165, 1.54) is 11.4 Å². The molecule has 1 atom stereocenters. The molecule has 102 valence electrons. The van der Waals surface area contributed by atoms with Crippen molar-refractivity contribution in [2.24, 2.45) is 7.05 Å². The minimum Gasteiger partial charge on any atom is -0.388 e. The number of rotatable bonds is 3. The second-order valence-corrected chi connectivity index (χ2v) is 5.45. The first-order valence-electron chi connectivity index (χ1n) is 7.00. The number of hydrogen-bond donors (Lipinski definition) is 1. The van der Waals surface area contributed by atoms with Gasteiger partial charge in [0.05, 0.1) is 6.10 Å². The topological polar surface area (TPSA) is 43.0 Å². The molecule has 1 aliphatic carbocycles. The fourth-order valence-corrected chi connectivity index (χ4v) is 3.10. The van der Waals surface area contributed by atoms with E-state index in [1.807, 2.05) is 19.4 Å². The van der Waals surface area contributed by atoms with E-state index in [-0.39, 0.29) is 6.10 Å². The number of fused-ring (bicyclic) bond motifs is 1. The molecule has 0 aromatic carbocycles. The van der Waals surface area contributed by atoms with Crippen LogP contribution in [0.2, 0.25) is 0 Å². The molecule has 1 unspecified atom stereocenters. The first-order chi connectivity index (χ1) is 9.16. The van der Waals surface area contributed by atoms with E-state index in [4.69, 9.17) is 0 Å².